The van der Waals surface area contributed by atoms with E-state index in [2.05, 4.69) is 35.6 Å². The summed E-state index contributed by atoms with van der Waals surface area (Å²) < 4.78 is 0. The van der Waals surface area contributed by atoms with Crippen LogP contribution < -0.4 is 0 Å². The van der Waals surface area contributed by atoms with Crippen LogP contribution in [0.4, 0.5) is 0 Å². The topological polar surface area (TPSA) is 29.0 Å². The van der Waals surface area contributed by atoms with Crippen LogP contribution in [0.15, 0.2) is 12.3 Å². The minimum absolute atomic E-state index is 0.921. The van der Waals surface area contributed by atoms with E-state index < -0.39 is 0 Å². The number of aromatic nitrogens is 2. The SMILES string of the molecule is CCc1nccc(CCCN(CC)CC)n1. The molecule has 3 nitrogen and oxygen atoms in total. The molecule has 1 aromatic rings. The second-order valence-electron chi connectivity index (χ2n) is 3.95. The minimum Gasteiger partial charge on any atom is -0.304 e. The maximum atomic E-state index is 4.51. The summed E-state index contributed by atoms with van der Waals surface area (Å²) in [5, 5.41) is 0. The lowest BCUT2D eigenvalue weighted by atomic mass is 10.2. The fourth-order valence-electron chi connectivity index (χ4n) is 1.77. The molecule has 90 valence electrons. The number of hydrogen-bond donors (Lipinski definition) is 0. The summed E-state index contributed by atoms with van der Waals surface area (Å²) >= 11 is 0. The van der Waals surface area contributed by atoms with Crippen LogP contribution in [0, 0.1) is 0 Å². The molecule has 0 amide bonds. The number of rotatable bonds is 7. The van der Waals surface area contributed by atoms with Crippen LogP contribution in [0.1, 0.15) is 38.7 Å². The first-order valence-electron chi connectivity index (χ1n) is 6.33. The molecular formula is C13H23N3. The van der Waals surface area contributed by atoms with E-state index in [0.29, 0.717) is 0 Å². The molecule has 1 heterocycles. The molecule has 0 N–H and O–H groups in total. The van der Waals surface area contributed by atoms with Crippen LogP contribution in [0.5, 0.6) is 0 Å². The van der Waals surface area contributed by atoms with Crippen LogP contribution >= 0.6 is 0 Å². The number of hydrogen-bond acceptors (Lipinski definition) is 3. The van der Waals surface area contributed by atoms with Crippen molar-refractivity contribution in [3.8, 4) is 0 Å². The summed E-state index contributed by atoms with van der Waals surface area (Å²) in [6, 6.07) is 2.03. The van der Waals surface area contributed by atoms with Gasteiger partial charge in [-0.1, -0.05) is 20.8 Å². The van der Waals surface area contributed by atoms with Crippen LogP contribution in [-0.4, -0.2) is 34.5 Å². The van der Waals surface area contributed by atoms with Crippen molar-refractivity contribution in [3.05, 3.63) is 23.8 Å². The van der Waals surface area contributed by atoms with E-state index in [1.165, 1.54) is 18.7 Å². The fraction of sp³-hybridized carbons (Fsp3) is 0.692. The van der Waals surface area contributed by atoms with Gasteiger partial charge in [-0.25, -0.2) is 9.97 Å². The van der Waals surface area contributed by atoms with Gasteiger partial charge in [0.1, 0.15) is 5.82 Å². The fourth-order valence-corrected chi connectivity index (χ4v) is 1.77. The molecule has 0 aromatic carbocycles. The Kier molecular flexibility index (Phi) is 6.01. The first kappa shape index (κ1) is 13.1. The summed E-state index contributed by atoms with van der Waals surface area (Å²) in [5.74, 6) is 0.959. The lowest BCUT2D eigenvalue weighted by molar-refractivity contribution is 0.299. The summed E-state index contributed by atoms with van der Waals surface area (Å²) in [4.78, 5) is 11.2. The average molecular weight is 221 g/mol. The number of aryl methyl sites for hydroxylation is 2. The predicted molar refractivity (Wildman–Crippen MR) is 67.5 cm³/mol. The second-order valence-corrected chi connectivity index (χ2v) is 3.95. The zero-order chi connectivity index (χ0) is 11.8. The Morgan fingerprint density at radius 3 is 2.56 bits per heavy atom. The Morgan fingerprint density at radius 2 is 1.94 bits per heavy atom. The third-order valence-corrected chi connectivity index (χ3v) is 2.88. The predicted octanol–water partition coefficient (Wildman–Crippen LogP) is 2.31. The van der Waals surface area contributed by atoms with Gasteiger partial charge < -0.3 is 4.90 Å². The monoisotopic (exact) mass is 221 g/mol. The Bertz CT molecular complexity index is 295. The molecule has 0 aliphatic carbocycles. The molecule has 0 bridgehead atoms. The highest BCUT2D eigenvalue weighted by Crippen LogP contribution is 2.01. The molecule has 3 heteroatoms. The molecule has 0 saturated heterocycles. The molecule has 0 aliphatic rings. The lowest BCUT2D eigenvalue weighted by Crippen LogP contribution is -2.24. The van der Waals surface area contributed by atoms with E-state index in [1.54, 1.807) is 0 Å². The Labute approximate surface area is 98.9 Å². The summed E-state index contributed by atoms with van der Waals surface area (Å²) in [5.41, 5.74) is 1.18. The summed E-state index contributed by atoms with van der Waals surface area (Å²) in [6.07, 6.45) is 5.04. The highest BCUT2D eigenvalue weighted by molar-refractivity contribution is 5.02. The molecule has 16 heavy (non-hydrogen) atoms. The zero-order valence-electron chi connectivity index (χ0n) is 10.7. The molecule has 0 saturated carbocycles. The molecule has 0 spiro atoms. The van der Waals surface area contributed by atoms with E-state index in [-0.39, 0.29) is 0 Å². The van der Waals surface area contributed by atoms with Gasteiger partial charge in [0.25, 0.3) is 0 Å². The minimum atomic E-state index is 0.921. The highest BCUT2D eigenvalue weighted by atomic mass is 15.1. The maximum Gasteiger partial charge on any atom is 0.128 e. The molecule has 0 unspecified atom stereocenters. The Hall–Kier alpha value is -0.960. The van der Waals surface area contributed by atoms with Gasteiger partial charge in [0.05, 0.1) is 0 Å². The first-order valence-corrected chi connectivity index (χ1v) is 6.33. The van der Waals surface area contributed by atoms with Crippen LogP contribution in [0.25, 0.3) is 0 Å². The van der Waals surface area contributed by atoms with Crippen LogP contribution in [0.3, 0.4) is 0 Å². The quantitative estimate of drug-likeness (QED) is 0.707. The first-order chi connectivity index (χ1) is 7.80. The zero-order valence-corrected chi connectivity index (χ0v) is 10.7. The molecule has 0 fully saturated rings. The highest BCUT2D eigenvalue weighted by Gasteiger charge is 2.01. The van der Waals surface area contributed by atoms with Crippen molar-refractivity contribution >= 4 is 0 Å². The van der Waals surface area contributed by atoms with E-state index in [9.17, 15) is 0 Å². The van der Waals surface area contributed by atoms with Gasteiger partial charge >= 0.3 is 0 Å². The third kappa shape index (κ3) is 4.27. The van der Waals surface area contributed by atoms with Crippen LogP contribution in [0.2, 0.25) is 0 Å². The molecule has 1 aromatic heterocycles. The second kappa shape index (κ2) is 7.34. The van der Waals surface area contributed by atoms with Crippen molar-refractivity contribution in [2.24, 2.45) is 0 Å². The molecule has 0 aliphatic heterocycles. The van der Waals surface area contributed by atoms with E-state index in [4.69, 9.17) is 0 Å². The summed E-state index contributed by atoms with van der Waals surface area (Å²) in [7, 11) is 0. The van der Waals surface area contributed by atoms with E-state index in [1.807, 2.05) is 12.3 Å². The molecule has 1 rings (SSSR count). The van der Waals surface area contributed by atoms with Crippen molar-refractivity contribution in [1.82, 2.24) is 14.9 Å². The van der Waals surface area contributed by atoms with E-state index in [0.717, 1.165) is 31.8 Å². The molecule has 0 atom stereocenters. The lowest BCUT2D eigenvalue weighted by Gasteiger charge is -2.17. The third-order valence-electron chi connectivity index (χ3n) is 2.88. The maximum absolute atomic E-state index is 4.51. The van der Waals surface area contributed by atoms with Crippen molar-refractivity contribution in [2.45, 2.75) is 40.0 Å². The average Bonchev–Trinajstić information content (AvgIpc) is 2.35. The van der Waals surface area contributed by atoms with Crippen molar-refractivity contribution in [3.63, 3.8) is 0 Å². The summed E-state index contributed by atoms with van der Waals surface area (Å²) in [6.45, 7) is 9.96. The van der Waals surface area contributed by atoms with Gasteiger partial charge in [-0.2, -0.15) is 0 Å². The van der Waals surface area contributed by atoms with Crippen molar-refractivity contribution < 1.29 is 0 Å². The molecule has 0 radical (unpaired) electrons. The smallest absolute Gasteiger partial charge is 0.128 e. The van der Waals surface area contributed by atoms with Gasteiger partial charge in [-0.3, -0.25) is 0 Å². The molecular weight excluding hydrogens is 198 g/mol. The number of nitrogens with zero attached hydrogens (tertiary/aromatic N) is 3. The van der Waals surface area contributed by atoms with Gasteiger partial charge in [0.2, 0.25) is 0 Å². The van der Waals surface area contributed by atoms with Crippen LogP contribution in [-0.2, 0) is 12.8 Å². The van der Waals surface area contributed by atoms with Crippen molar-refractivity contribution in [2.75, 3.05) is 19.6 Å². The van der Waals surface area contributed by atoms with Crippen molar-refractivity contribution in [1.29, 1.82) is 0 Å². The Balaban J connectivity index is 2.36. The van der Waals surface area contributed by atoms with E-state index >= 15 is 0 Å². The van der Waals surface area contributed by atoms with Gasteiger partial charge in [-0.05, 0) is 38.5 Å². The standard InChI is InChI=1S/C13H23N3/c1-4-13-14-10-9-12(15-13)8-7-11-16(5-2)6-3/h9-10H,4-8,11H2,1-3H3. The largest absolute Gasteiger partial charge is 0.304 e. The normalized spacial score (nSPS) is 11.0. The Morgan fingerprint density at radius 1 is 1.19 bits per heavy atom. The van der Waals surface area contributed by atoms with Gasteiger partial charge in [-0.15, -0.1) is 0 Å². The van der Waals surface area contributed by atoms with Gasteiger partial charge in [0, 0.05) is 18.3 Å². The van der Waals surface area contributed by atoms with Gasteiger partial charge in [0.15, 0.2) is 0 Å².